The van der Waals surface area contributed by atoms with E-state index in [4.69, 9.17) is 18.6 Å². The summed E-state index contributed by atoms with van der Waals surface area (Å²) < 4.78 is 26.0. The zero-order valence-electron chi connectivity index (χ0n) is 23.8. The lowest BCUT2D eigenvalue weighted by Gasteiger charge is -2.26. The molecule has 1 aliphatic heterocycles. The lowest BCUT2D eigenvalue weighted by Crippen LogP contribution is -2.40. The van der Waals surface area contributed by atoms with E-state index in [2.05, 4.69) is 46.8 Å². The molecule has 4 heterocycles. The molecule has 0 aliphatic carbocycles. The molecule has 0 saturated heterocycles. The van der Waals surface area contributed by atoms with Crippen molar-refractivity contribution < 1.29 is 23.4 Å². The molecule has 10 nitrogen and oxygen atoms in total. The van der Waals surface area contributed by atoms with E-state index in [-0.39, 0.29) is 17.7 Å². The maximum Gasteiger partial charge on any atom is 0.338 e. The van der Waals surface area contributed by atoms with E-state index in [9.17, 15) is 9.59 Å². The molecular weight excluding hydrogens is 724 g/mol. The van der Waals surface area contributed by atoms with Crippen LogP contribution in [0.3, 0.4) is 0 Å². The predicted octanol–water partition coefficient (Wildman–Crippen LogP) is 5.57. The number of nitrogens with zero attached hydrogens (tertiary/aromatic N) is 4. The summed E-state index contributed by atoms with van der Waals surface area (Å²) in [5.41, 5.74) is 1.82. The molecule has 43 heavy (non-hydrogen) atoms. The van der Waals surface area contributed by atoms with Crippen LogP contribution in [0.4, 0.5) is 0 Å². The summed E-state index contributed by atoms with van der Waals surface area (Å²) in [7, 11) is 1.55. The zero-order valence-corrected chi connectivity index (χ0v) is 28.6. The van der Waals surface area contributed by atoms with E-state index in [1.807, 2.05) is 19.9 Å². The second-order valence-electron chi connectivity index (χ2n) is 9.13. The average molecular weight is 750 g/mol. The summed E-state index contributed by atoms with van der Waals surface area (Å²) in [5, 5.41) is 1.09. The Morgan fingerprint density at radius 3 is 2.65 bits per heavy atom. The number of furan rings is 1. The van der Waals surface area contributed by atoms with Crippen LogP contribution in [0.2, 0.25) is 0 Å². The Morgan fingerprint density at radius 2 is 1.95 bits per heavy atom. The number of allylic oxidation sites excluding steroid dienone is 1. The van der Waals surface area contributed by atoms with E-state index < -0.39 is 12.0 Å². The van der Waals surface area contributed by atoms with Crippen molar-refractivity contribution in [1.29, 1.82) is 0 Å². The van der Waals surface area contributed by atoms with Crippen LogP contribution < -0.4 is 24.4 Å². The number of rotatable bonds is 9. The monoisotopic (exact) mass is 748 g/mol. The van der Waals surface area contributed by atoms with E-state index in [0.717, 1.165) is 5.69 Å². The number of benzene rings is 1. The molecule has 224 valence electrons. The molecule has 14 heteroatoms. The minimum absolute atomic E-state index is 0.169. The third-order valence-corrected chi connectivity index (χ3v) is 9.69. The molecule has 0 unspecified atom stereocenters. The van der Waals surface area contributed by atoms with Crippen LogP contribution in [0.25, 0.3) is 6.08 Å². The maximum absolute atomic E-state index is 14.1. The zero-order chi connectivity index (χ0) is 30.8. The van der Waals surface area contributed by atoms with Crippen molar-refractivity contribution in [3.63, 3.8) is 0 Å². The van der Waals surface area contributed by atoms with Crippen molar-refractivity contribution in [3.8, 4) is 11.5 Å². The van der Waals surface area contributed by atoms with E-state index in [0.29, 0.717) is 63.7 Å². The molecular formula is C29H26Br2N4O6S2. The number of aromatic nitrogens is 3. The van der Waals surface area contributed by atoms with Gasteiger partial charge in [0.05, 0.1) is 46.6 Å². The topological polar surface area (TPSA) is 118 Å². The molecule has 0 N–H and O–H groups in total. The SMILES string of the molecule is CCOC(=O)C1=C(C)N=c2s/c(=C/c3cc(Br)c(Sc4nccc(C)n4)o3)c(=O)n2[C@@H]1c1cc(OCC)c(OC)cc1Br. The van der Waals surface area contributed by atoms with Gasteiger partial charge in [0.1, 0.15) is 5.76 Å². The van der Waals surface area contributed by atoms with Crippen LogP contribution in [0.15, 0.2) is 75.1 Å². The summed E-state index contributed by atoms with van der Waals surface area (Å²) in [4.78, 5) is 41.1. The number of ether oxygens (including phenoxy) is 3. The van der Waals surface area contributed by atoms with Gasteiger partial charge < -0.3 is 18.6 Å². The molecule has 1 aromatic carbocycles. The standard InChI is InChI=1S/C29H26Br2N4O6S2/c1-6-39-21-12-17(18(30)13-20(21)38-5)24-23(26(37)40-7-2)15(4)34-29-35(24)25(36)22(42-29)11-16-10-19(31)27(41-16)43-28-32-9-8-14(3)33-28/h8-13,24H,6-7H2,1-5H3/b22-11+/t24-/m1/s1. The first kappa shape index (κ1) is 31.2. The van der Waals surface area contributed by atoms with Gasteiger partial charge in [-0.15, -0.1) is 0 Å². The Bertz CT molecular complexity index is 1930. The van der Waals surface area contributed by atoms with Gasteiger partial charge in [0.15, 0.2) is 26.5 Å². The Balaban J connectivity index is 1.65. The quantitative estimate of drug-likeness (QED) is 0.160. The molecule has 3 aromatic heterocycles. The third kappa shape index (κ3) is 6.37. The van der Waals surface area contributed by atoms with Crippen molar-refractivity contribution in [2.24, 2.45) is 4.99 Å². The second kappa shape index (κ2) is 13.2. The highest BCUT2D eigenvalue weighted by atomic mass is 79.9. The number of methoxy groups -OCH3 is 1. The molecule has 1 atom stereocenters. The fraction of sp³-hybridized carbons (Fsp3) is 0.276. The van der Waals surface area contributed by atoms with Gasteiger partial charge in [0.25, 0.3) is 5.56 Å². The molecule has 0 amide bonds. The normalized spacial score (nSPS) is 14.9. The van der Waals surface area contributed by atoms with Gasteiger partial charge in [-0.05, 0) is 85.2 Å². The molecule has 0 saturated carbocycles. The fourth-order valence-electron chi connectivity index (χ4n) is 4.47. The van der Waals surface area contributed by atoms with Crippen LogP contribution in [0, 0.1) is 6.92 Å². The number of carbonyl (C=O) groups is 1. The highest BCUT2D eigenvalue weighted by Crippen LogP contribution is 2.41. The predicted molar refractivity (Wildman–Crippen MR) is 170 cm³/mol. The minimum atomic E-state index is -0.843. The number of thiazole rings is 1. The van der Waals surface area contributed by atoms with Crippen LogP contribution in [0.1, 0.15) is 43.8 Å². The minimum Gasteiger partial charge on any atom is -0.493 e. The van der Waals surface area contributed by atoms with E-state index >= 15 is 0 Å². The van der Waals surface area contributed by atoms with Crippen LogP contribution in [0.5, 0.6) is 11.5 Å². The molecule has 5 rings (SSSR count). The smallest absolute Gasteiger partial charge is 0.338 e. The Labute approximate surface area is 271 Å². The number of esters is 1. The first-order chi connectivity index (χ1) is 20.6. The summed E-state index contributed by atoms with van der Waals surface area (Å²) in [6.07, 6.45) is 3.34. The highest BCUT2D eigenvalue weighted by Gasteiger charge is 2.35. The van der Waals surface area contributed by atoms with Crippen molar-refractivity contribution in [3.05, 3.63) is 87.4 Å². The molecule has 0 spiro atoms. The average Bonchev–Trinajstić information content (AvgIpc) is 3.46. The highest BCUT2D eigenvalue weighted by molar-refractivity contribution is 9.10. The lowest BCUT2D eigenvalue weighted by molar-refractivity contribution is -0.139. The number of halogens is 2. The lowest BCUT2D eigenvalue weighted by atomic mass is 9.95. The van der Waals surface area contributed by atoms with Gasteiger partial charge in [0, 0.05) is 22.4 Å². The summed E-state index contributed by atoms with van der Waals surface area (Å²) >= 11 is 9.63. The number of hydrogen-bond acceptors (Lipinski definition) is 11. The fourth-order valence-corrected chi connectivity index (χ4v) is 7.35. The van der Waals surface area contributed by atoms with Gasteiger partial charge in [-0.2, -0.15) is 0 Å². The van der Waals surface area contributed by atoms with Crippen LogP contribution >= 0.6 is 55.0 Å². The molecule has 0 bridgehead atoms. The number of aryl methyl sites for hydroxylation is 1. The first-order valence-electron chi connectivity index (χ1n) is 13.1. The molecule has 1 aliphatic rings. The largest absolute Gasteiger partial charge is 0.493 e. The summed E-state index contributed by atoms with van der Waals surface area (Å²) in [6.45, 7) is 7.78. The molecule has 0 radical (unpaired) electrons. The Hall–Kier alpha value is -3.20. The number of carbonyl (C=O) groups excluding carboxylic acids is 1. The Kier molecular flexibility index (Phi) is 9.59. The molecule has 0 fully saturated rings. The van der Waals surface area contributed by atoms with Gasteiger partial charge >= 0.3 is 5.97 Å². The summed E-state index contributed by atoms with van der Waals surface area (Å²) in [5.74, 6) is 0.885. The van der Waals surface area contributed by atoms with E-state index in [1.54, 1.807) is 51.4 Å². The van der Waals surface area contributed by atoms with Gasteiger partial charge in [-0.1, -0.05) is 27.3 Å². The van der Waals surface area contributed by atoms with Crippen LogP contribution in [-0.2, 0) is 9.53 Å². The summed E-state index contributed by atoms with van der Waals surface area (Å²) in [6, 6.07) is 6.28. The van der Waals surface area contributed by atoms with Gasteiger partial charge in [-0.3, -0.25) is 9.36 Å². The second-order valence-corrected chi connectivity index (χ2v) is 12.8. The third-order valence-electron chi connectivity index (χ3n) is 6.30. The van der Waals surface area contributed by atoms with Crippen molar-refractivity contribution in [2.75, 3.05) is 20.3 Å². The van der Waals surface area contributed by atoms with Crippen molar-refractivity contribution in [1.82, 2.24) is 14.5 Å². The van der Waals surface area contributed by atoms with E-state index in [1.165, 1.54) is 27.7 Å². The maximum atomic E-state index is 14.1. The van der Waals surface area contributed by atoms with Gasteiger partial charge in [-0.25, -0.2) is 19.8 Å². The number of fused-ring (bicyclic) bond motifs is 1. The van der Waals surface area contributed by atoms with Crippen molar-refractivity contribution in [2.45, 2.75) is 44.0 Å². The van der Waals surface area contributed by atoms with Crippen molar-refractivity contribution >= 4 is 67.0 Å². The molecule has 4 aromatic rings. The van der Waals surface area contributed by atoms with Gasteiger partial charge in [0.2, 0.25) is 0 Å². The first-order valence-corrected chi connectivity index (χ1v) is 16.3. The van der Waals surface area contributed by atoms with Crippen LogP contribution in [-0.4, -0.2) is 40.8 Å². The Morgan fingerprint density at radius 1 is 1.16 bits per heavy atom. The number of hydrogen-bond donors (Lipinski definition) is 0.